The Labute approximate surface area is 147 Å². The van der Waals surface area contributed by atoms with Gasteiger partial charge in [0, 0.05) is 51.8 Å². The fraction of sp³-hybridized carbons (Fsp3) is 0.706. The second-order valence-electron chi connectivity index (χ2n) is 6.85. The minimum atomic E-state index is -0.681. The van der Waals surface area contributed by atoms with E-state index in [1.54, 1.807) is 14.2 Å². The summed E-state index contributed by atoms with van der Waals surface area (Å²) in [5, 5.41) is 9.98. The first-order chi connectivity index (χ1) is 12.1. The fourth-order valence-corrected chi connectivity index (χ4v) is 4.10. The molecule has 0 amide bonds. The maximum absolute atomic E-state index is 12.2. The third kappa shape index (κ3) is 3.55. The Morgan fingerprint density at radius 3 is 2.96 bits per heavy atom. The third-order valence-corrected chi connectivity index (χ3v) is 5.46. The van der Waals surface area contributed by atoms with Crippen LogP contribution in [0, 0.1) is 11.3 Å². The highest BCUT2D eigenvalue weighted by Gasteiger charge is 2.53. The second kappa shape index (κ2) is 7.53. The molecule has 1 aromatic rings. The van der Waals surface area contributed by atoms with Crippen LogP contribution in [-0.4, -0.2) is 79.5 Å². The first-order valence-corrected chi connectivity index (χ1v) is 8.65. The molecule has 138 valence electrons. The maximum atomic E-state index is 12.2. The molecule has 0 radical (unpaired) electrons. The van der Waals surface area contributed by atoms with Crippen LogP contribution in [0.3, 0.4) is 0 Å². The van der Waals surface area contributed by atoms with Crippen LogP contribution in [0.15, 0.2) is 12.4 Å². The molecule has 2 fully saturated rings. The van der Waals surface area contributed by atoms with Crippen molar-refractivity contribution < 1.29 is 19.4 Å². The molecule has 0 bridgehead atoms. The number of aromatic nitrogens is 2. The van der Waals surface area contributed by atoms with Crippen molar-refractivity contribution in [3.8, 4) is 5.88 Å². The standard InChI is InChI=1S/C17H26N4O4/c1-24-7-6-20-9-13-10-21(14-8-15(25-2)19-12-18-14)5-3-4-17(13,11-20)16(22)23/h8,12-13H,3-7,9-11H2,1-2H3,(H,22,23)/t13-,17+/m1/s1. The molecule has 25 heavy (non-hydrogen) atoms. The molecule has 2 aliphatic heterocycles. The number of methoxy groups -OCH3 is 2. The first-order valence-electron chi connectivity index (χ1n) is 8.65. The topological polar surface area (TPSA) is 88.0 Å². The van der Waals surface area contributed by atoms with Gasteiger partial charge < -0.3 is 19.5 Å². The van der Waals surface area contributed by atoms with Gasteiger partial charge in [0.1, 0.15) is 12.1 Å². The van der Waals surface area contributed by atoms with Crippen LogP contribution < -0.4 is 9.64 Å². The highest BCUT2D eigenvalue weighted by atomic mass is 16.5. The van der Waals surface area contributed by atoms with Crippen molar-refractivity contribution in [1.82, 2.24) is 14.9 Å². The van der Waals surface area contributed by atoms with Crippen molar-refractivity contribution in [2.24, 2.45) is 11.3 Å². The number of carboxylic acid groups (broad SMARTS) is 1. The van der Waals surface area contributed by atoms with Crippen LogP contribution in [-0.2, 0) is 9.53 Å². The summed E-state index contributed by atoms with van der Waals surface area (Å²) in [7, 11) is 3.25. The van der Waals surface area contributed by atoms with Gasteiger partial charge in [-0.05, 0) is 12.8 Å². The van der Waals surface area contributed by atoms with Crippen LogP contribution in [0.1, 0.15) is 12.8 Å². The lowest BCUT2D eigenvalue weighted by Crippen LogP contribution is -2.41. The van der Waals surface area contributed by atoms with Crippen molar-refractivity contribution >= 4 is 11.8 Å². The minimum Gasteiger partial charge on any atom is -0.481 e. The van der Waals surface area contributed by atoms with Gasteiger partial charge in [0.25, 0.3) is 0 Å². The largest absolute Gasteiger partial charge is 0.481 e. The molecule has 8 heteroatoms. The summed E-state index contributed by atoms with van der Waals surface area (Å²) < 4.78 is 10.3. The second-order valence-corrected chi connectivity index (χ2v) is 6.85. The van der Waals surface area contributed by atoms with Crippen molar-refractivity contribution in [3.63, 3.8) is 0 Å². The van der Waals surface area contributed by atoms with Crippen molar-refractivity contribution in [2.45, 2.75) is 12.8 Å². The number of hydrogen-bond acceptors (Lipinski definition) is 7. The highest BCUT2D eigenvalue weighted by molar-refractivity contribution is 5.76. The summed E-state index contributed by atoms with van der Waals surface area (Å²) in [5.74, 6) is 0.695. The smallest absolute Gasteiger partial charge is 0.311 e. The zero-order chi connectivity index (χ0) is 17.9. The Kier molecular flexibility index (Phi) is 5.39. The average molecular weight is 350 g/mol. The number of carboxylic acids is 1. The van der Waals surface area contributed by atoms with Crippen LogP contribution in [0.25, 0.3) is 0 Å². The molecule has 1 N–H and O–H groups in total. The van der Waals surface area contributed by atoms with E-state index >= 15 is 0 Å². The molecule has 8 nitrogen and oxygen atoms in total. The highest BCUT2D eigenvalue weighted by Crippen LogP contribution is 2.43. The predicted octanol–water partition coefficient (Wildman–Crippen LogP) is 0.735. The van der Waals surface area contributed by atoms with E-state index in [0.29, 0.717) is 32.0 Å². The number of rotatable bonds is 6. The molecule has 3 rings (SSSR count). The lowest BCUT2D eigenvalue weighted by molar-refractivity contribution is -0.150. The van der Waals surface area contributed by atoms with Crippen LogP contribution in [0.5, 0.6) is 5.88 Å². The Hall–Kier alpha value is -1.93. The molecule has 0 unspecified atom stereocenters. The van der Waals surface area contributed by atoms with Crippen molar-refractivity contribution in [1.29, 1.82) is 0 Å². The zero-order valence-corrected chi connectivity index (χ0v) is 14.8. The lowest BCUT2D eigenvalue weighted by atomic mass is 9.75. The van der Waals surface area contributed by atoms with Crippen LogP contribution in [0.2, 0.25) is 0 Å². The van der Waals surface area contributed by atoms with Crippen molar-refractivity contribution in [3.05, 3.63) is 12.4 Å². The number of fused-ring (bicyclic) bond motifs is 1. The van der Waals surface area contributed by atoms with Gasteiger partial charge in [0.15, 0.2) is 0 Å². The summed E-state index contributed by atoms with van der Waals surface area (Å²) in [5.41, 5.74) is -0.681. The summed E-state index contributed by atoms with van der Waals surface area (Å²) in [6.07, 6.45) is 3.01. The molecule has 0 aliphatic carbocycles. The molecular formula is C17H26N4O4. The quantitative estimate of drug-likeness (QED) is 0.803. The number of carbonyl (C=O) groups is 1. The number of ether oxygens (including phenoxy) is 2. The molecule has 1 aromatic heterocycles. The molecule has 3 heterocycles. The van der Waals surface area contributed by atoms with E-state index in [2.05, 4.69) is 19.8 Å². The van der Waals surface area contributed by atoms with E-state index in [1.165, 1.54) is 6.33 Å². The van der Waals surface area contributed by atoms with Gasteiger partial charge >= 0.3 is 5.97 Å². The monoisotopic (exact) mass is 350 g/mol. The normalized spacial score (nSPS) is 27.0. The van der Waals surface area contributed by atoms with Gasteiger partial charge in [0.2, 0.25) is 5.88 Å². The summed E-state index contributed by atoms with van der Waals surface area (Å²) in [4.78, 5) is 24.9. The number of hydrogen-bond donors (Lipinski definition) is 1. The average Bonchev–Trinajstić information content (AvgIpc) is 2.87. The minimum absolute atomic E-state index is 0.0605. The SMILES string of the molecule is COCCN1C[C@@H]2CN(c3cc(OC)ncn3)CCC[C@]2(C(=O)O)C1. The molecular weight excluding hydrogens is 324 g/mol. The Morgan fingerprint density at radius 1 is 1.40 bits per heavy atom. The molecule has 2 saturated heterocycles. The van der Waals surface area contributed by atoms with Crippen LogP contribution in [0.4, 0.5) is 5.82 Å². The third-order valence-electron chi connectivity index (χ3n) is 5.46. The lowest BCUT2D eigenvalue weighted by Gasteiger charge is -2.30. The van der Waals surface area contributed by atoms with E-state index in [-0.39, 0.29) is 5.92 Å². The van der Waals surface area contributed by atoms with E-state index in [1.807, 2.05) is 6.07 Å². The van der Waals surface area contributed by atoms with Gasteiger partial charge in [-0.3, -0.25) is 9.69 Å². The maximum Gasteiger partial charge on any atom is 0.311 e. The number of likely N-dealkylation sites (tertiary alicyclic amines) is 1. The first kappa shape index (κ1) is 17.9. The summed E-state index contributed by atoms with van der Waals surface area (Å²) in [6.45, 7) is 4.23. The Bertz CT molecular complexity index is 614. The van der Waals surface area contributed by atoms with E-state index in [4.69, 9.17) is 9.47 Å². The fourth-order valence-electron chi connectivity index (χ4n) is 4.10. The summed E-state index contributed by atoms with van der Waals surface area (Å²) >= 11 is 0. The van der Waals surface area contributed by atoms with Gasteiger partial charge in [-0.2, -0.15) is 0 Å². The Morgan fingerprint density at radius 2 is 2.24 bits per heavy atom. The van der Waals surface area contributed by atoms with Gasteiger partial charge in [-0.1, -0.05) is 0 Å². The van der Waals surface area contributed by atoms with Crippen LogP contribution >= 0.6 is 0 Å². The number of aliphatic carboxylic acids is 1. The predicted molar refractivity (Wildman–Crippen MR) is 91.9 cm³/mol. The summed E-state index contributed by atoms with van der Waals surface area (Å²) in [6, 6.07) is 1.81. The molecule has 0 aromatic carbocycles. The number of anilines is 1. The molecule has 2 atom stereocenters. The van der Waals surface area contributed by atoms with E-state index in [0.717, 1.165) is 31.9 Å². The number of nitrogens with zero attached hydrogens (tertiary/aromatic N) is 4. The molecule has 2 aliphatic rings. The van der Waals surface area contributed by atoms with Crippen molar-refractivity contribution in [2.75, 3.05) is 58.5 Å². The van der Waals surface area contributed by atoms with Gasteiger partial charge in [-0.15, -0.1) is 0 Å². The van der Waals surface area contributed by atoms with Gasteiger partial charge in [-0.25, -0.2) is 9.97 Å². The van der Waals surface area contributed by atoms with E-state index in [9.17, 15) is 9.90 Å². The Balaban J connectivity index is 1.81. The van der Waals surface area contributed by atoms with Gasteiger partial charge in [0.05, 0.1) is 19.1 Å². The van der Waals surface area contributed by atoms with E-state index < -0.39 is 11.4 Å². The molecule has 0 saturated carbocycles. The molecule has 0 spiro atoms. The zero-order valence-electron chi connectivity index (χ0n) is 14.8.